The van der Waals surface area contributed by atoms with E-state index in [9.17, 15) is 9.59 Å². The molecule has 4 rings (SSSR count). The van der Waals surface area contributed by atoms with E-state index in [1.165, 1.54) is 6.92 Å². The molecule has 8 heteroatoms. The van der Waals surface area contributed by atoms with Crippen LogP contribution in [0.2, 0.25) is 0 Å². The number of hydrogen-bond donors (Lipinski definition) is 2. The Kier molecular flexibility index (Phi) is 6.81. The zero-order valence-electron chi connectivity index (χ0n) is 18.0. The minimum atomic E-state index is -0.160. The first kappa shape index (κ1) is 21.6. The van der Waals surface area contributed by atoms with Crippen LogP contribution in [0.5, 0.6) is 0 Å². The van der Waals surface area contributed by atoms with Gasteiger partial charge in [0.25, 0.3) is 5.91 Å². The average Bonchev–Trinajstić information content (AvgIpc) is 2.81. The smallest absolute Gasteiger partial charge is 0.254 e. The fraction of sp³-hybridized carbons (Fsp3) is 0.292. The van der Waals surface area contributed by atoms with Gasteiger partial charge >= 0.3 is 0 Å². The molecule has 1 aliphatic heterocycles. The normalized spacial score (nSPS) is 14.7. The monoisotopic (exact) mass is 430 g/mol. The molecule has 0 radical (unpaired) electrons. The molecule has 164 valence electrons. The summed E-state index contributed by atoms with van der Waals surface area (Å²) in [5.41, 5.74) is 2.94. The van der Waals surface area contributed by atoms with Gasteiger partial charge in [0.15, 0.2) is 5.82 Å². The second-order valence-corrected chi connectivity index (χ2v) is 7.90. The van der Waals surface area contributed by atoms with Crippen LogP contribution in [0.1, 0.15) is 35.8 Å². The van der Waals surface area contributed by atoms with Crippen molar-refractivity contribution in [3.63, 3.8) is 0 Å². The lowest BCUT2D eigenvalue weighted by Crippen LogP contribution is -2.44. The number of pyridine rings is 1. The zero-order chi connectivity index (χ0) is 22.3. The van der Waals surface area contributed by atoms with E-state index in [2.05, 4.69) is 30.5 Å². The Morgan fingerprint density at radius 3 is 2.50 bits per heavy atom. The van der Waals surface area contributed by atoms with Crippen molar-refractivity contribution in [2.45, 2.75) is 32.4 Å². The van der Waals surface area contributed by atoms with Gasteiger partial charge in [-0.3, -0.25) is 19.5 Å². The lowest BCUT2D eigenvalue weighted by molar-refractivity contribution is -0.114. The number of carbonyl (C=O) groups is 2. The van der Waals surface area contributed by atoms with Gasteiger partial charge in [0.2, 0.25) is 5.91 Å². The highest BCUT2D eigenvalue weighted by Crippen LogP contribution is 2.19. The first-order valence-corrected chi connectivity index (χ1v) is 10.7. The Morgan fingerprint density at radius 1 is 1.03 bits per heavy atom. The number of anilines is 1. The first-order valence-electron chi connectivity index (χ1n) is 10.7. The molecule has 0 aliphatic carbocycles. The number of piperidine rings is 1. The Bertz CT molecular complexity index is 1060. The number of benzene rings is 1. The average molecular weight is 431 g/mol. The highest BCUT2D eigenvalue weighted by molar-refractivity contribution is 5.94. The van der Waals surface area contributed by atoms with E-state index < -0.39 is 0 Å². The van der Waals surface area contributed by atoms with E-state index in [0.717, 1.165) is 43.7 Å². The number of hydrogen-bond acceptors (Lipinski definition) is 6. The van der Waals surface area contributed by atoms with E-state index in [-0.39, 0.29) is 17.9 Å². The van der Waals surface area contributed by atoms with Gasteiger partial charge in [-0.2, -0.15) is 0 Å². The lowest BCUT2D eigenvalue weighted by Gasteiger charge is -2.32. The summed E-state index contributed by atoms with van der Waals surface area (Å²) in [6.45, 7) is 4.13. The van der Waals surface area contributed by atoms with Gasteiger partial charge in [-0.05, 0) is 37.1 Å². The summed E-state index contributed by atoms with van der Waals surface area (Å²) >= 11 is 0. The maximum absolute atomic E-state index is 12.6. The van der Waals surface area contributed by atoms with Crippen LogP contribution in [-0.4, -0.2) is 50.8 Å². The lowest BCUT2D eigenvalue weighted by atomic mass is 10.0. The Labute approximate surface area is 187 Å². The van der Waals surface area contributed by atoms with E-state index >= 15 is 0 Å². The maximum atomic E-state index is 12.6. The molecule has 0 saturated carbocycles. The number of nitrogens with one attached hydrogen (secondary N) is 2. The van der Waals surface area contributed by atoms with Crippen LogP contribution in [0.15, 0.2) is 61.1 Å². The van der Waals surface area contributed by atoms with Gasteiger partial charge in [0.1, 0.15) is 0 Å². The van der Waals surface area contributed by atoms with E-state index in [0.29, 0.717) is 17.1 Å². The minimum Gasteiger partial charge on any atom is -0.349 e. The third-order valence-electron chi connectivity index (χ3n) is 5.39. The van der Waals surface area contributed by atoms with Crippen molar-refractivity contribution < 1.29 is 9.59 Å². The number of likely N-dealkylation sites (tertiary alicyclic amines) is 1. The van der Waals surface area contributed by atoms with Gasteiger partial charge in [-0.25, -0.2) is 9.97 Å². The van der Waals surface area contributed by atoms with Crippen molar-refractivity contribution in [1.29, 1.82) is 0 Å². The molecule has 3 heterocycles. The van der Waals surface area contributed by atoms with Crippen LogP contribution in [0.4, 0.5) is 5.69 Å². The minimum absolute atomic E-state index is 0.136. The van der Waals surface area contributed by atoms with Gasteiger partial charge in [-0.15, -0.1) is 0 Å². The second-order valence-electron chi connectivity index (χ2n) is 7.90. The third kappa shape index (κ3) is 5.73. The third-order valence-corrected chi connectivity index (χ3v) is 5.39. The van der Waals surface area contributed by atoms with Crippen molar-refractivity contribution >= 4 is 17.5 Å². The summed E-state index contributed by atoms with van der Waals surface area (Å²) in [5.74, 6) is 0.195. The molecule has 2 aromatic heterocycles. The number of carbonyl (C=O) groups excluding carboxylic acids is 2. The quantitative estimate of drug-likeness (QED) is 0.624. The van der Waals surface area contributed by atoms with E-state index in [1.54, 1.807) is 24.5 Å². The molecular formula is C24H26N6O2. The molecule has 1 saturated heterocycles. The fourth-order valence-corrected chi connectivity index (χ4v) is 3.76. The van der Waals surface area contributed by atoms with Crippen molar-refractivity contribution in [3.8, 4) is 11.4 Å². The van der Waals surface area contributed by atoms with Crippen molar-refractivity contribution in [2.75, 3.05) is 18.4 Å². The molecule has 8 nitrogen and oxygen atoms in total. The Balaban J connectivity index is 1.30. The van der Waals surface area contributed by atoms with Gasteiger partial charge < -0.3 is 10.6 Å². The summed E-state index contributed by atoms with van der Waals surface area (Å²) < 4.78 is 0. The summed E-state index contributed by atoms with van der Waals surface area (Å²) in [5, 5.41) is 5.84. The van der Waals surface area contributed by atoms with Crippen LogP contribution in [0.3, 0.4) is 0 Å². The molecule has 32 heavy (non-hydrogen) atoms. The van der Waals surface area contributed by atoms with Crippen molar-refractivity contribution in [2.24, 2.45) is 0 Å². The number of rotatable bonds is 6. The van der Waals surface area contributed by atoms with Gasteiger partial charge in [-0.1, -0.05) is 18.2 Å². The molecule has 3 aromatic rings. The molecule has 1 aromatic carbocycles. The number of amides is 2. The van der Waals surface area contributed by atoms with Gasteiger partial charge in [0, 0.05) is 62.4 Å². The summed E-state index contributed by atoms with van der Waals surface area (Å²) in [6, 6.07) is 13.4. The molecular weight excluding hydrogens is 404 g/mol. The number of aromatic nitrogens is 3. The standard InChI is InChI=1S/C24H26N6O2/c1-17(31)28-21-7-4-5-18(13-21)23-26-14-19(15-27-23)24(32)29-20-8-11-30(12-9-20)16-22-6-2-3-10-25-22/h2-7,10,13-15,20H,8-9,11-12,16H2,1H3,(H,28,31)(H,29,32). The van der Waals surface area contributed by atoms with Crippen LogP contribution in [-0.2, 0) is 11.3 Å². The Morgan fingerprint density at radius 2 is 1.81 bits per heavy atom. The van der Waals surface area contributed by atoms with Crippen molar-refractivity contribution in [3.05, 3.63) is 72.3 Å². The molecule has 0 spiro atoms. The predicted molar refractivity (Wildman–Crippen MR) is 122 cm³/mol. The van der Waals surface area contributed by atoms with Crippen LogP contribution >= 0.6 is 0 Å². The summed E-state index contributed by atoms with van der Waals surface area (Å²) in [7, 11) is 0. The van der Waals surface area contributed by atoms with Crippen LogP contribution in [0.25, 0.3) is 11.4 Å². The molecule has 0 bridgehead atoms. The molecule has 2 amide bonds. The molecule has 0 unspecified atom stereocenters. The second kappa shape index (κ2) is 10.1. The molecule has 1 fully saturated rings. The van der Waals surface area contributed by atoms with Crippen LogP contribution in [0, 0.1) is 0 Å². The molecule has 0 atom stereocenters. The van der Waals surface area contributed by atoms with Crippen LogP contribution < -0.4 is 10.6 Å². The summed E-state index contributed by atoms with van der Waals surface area (Å²) in [6.07, 6.45) is 6.69. The first-order chi connectivity index (χ1) is 15.6. The van der Waals surface area contributed by atoms with E-state index in [1.807, 2.05) is 36.5 Å². The predicted octanol–water partition coefficient (Wildman–Crippen LogP) is 2.89. The SMILES string of the molecule is CC(=O)Nc1cccc(-c2ncc(C(=O)NC3CCN(Cc4ccccn4)CC3)cn2)c1. The fourth-order valence-electron chi connectivity index (χ4n) is 3.76. The summed E-state index contributed by atoms with van der Waals surface area (Å²) in [4.78, 5) is 39.3. The zero-order valence-corrected chi connectivity index (χ0v) is 18.0. The highest BCUT2D eigenvalue weighted by Gasteiger charge is 2.21. The maximum Gasteiger partial charge on any atom is 0.254 e. The Hall–Kier alpha value is -3.65. The largest absolute Gasteiger partial charge is 0.349 e. The molecule has 2 N–H and O–H groups in total. The highest BCUT2D eigenvalue weighted by atomic mass is 16.2. The topological polar surface area (TPSA) is 100 Å². The number of nitrogens with zero attached hydrogens (tertiary/aromatic N) is 4. The molecule has 1 aliphatic rings. The van der Waals surface area contributed by atoms with Crippen molar-refractivity contribution in [1.82, 2.24) is 25.2 Å². The van der Waals surface area contributed by atoms with E-state index in [4.69, 9.17) is 0 Å². The van der Waals surface area contributed by atoms with Gasteiger partial charge in [0.05, 0.1) is 11.3 Å².